The van der Waals surface area contributed by atoms with E-state index in [1.807, 2.05) is 97.3 Å². The van der Waals surface area contributed by atoms with Gasteiger partial charge in [-0.2, -0.15) is 0 Å². The number of carbonyl (C=O) groups is 1. The number of halogens is 8. The van der Waals surface area contributed by atoms with Crippen LogP contribution in [0.15, 0.2) is 21.3 Å². The van der Waals surface area contributed by atoms with Crippen molar-refractivity contribution in [3.63, 3.8) is 0 Å². The van der Waals surface area contributed by atoms with E-state index < -0.39 is 13.8 Å². The number of rotatable bonds is 17. The topological polar surface area (TPSA) is 159 Å². The SMILES string of the molecule is CCCOP(=O)(O)OCCC(N)CCCCCCCOC(=O)c1c(Cl)c(Cl)c(Cl)c(Cl)c1-c1c2cc(I)c(=O)c(I)c-2oc2c(I)c(O)c(I)cc12. The van der Waals surface area contributed by atoms with Crippen LogP contribution in [0.25, 0.3) is 33.4 Å². The first-order valence-corrected chi connectivity index (χ1v) is 23.2. The van der Waals surface area contributed by atoms with Gasteiger partial charge < -0.3 is 24.9 Å². The Kier molecular flexibility index (Phi) is 17.7. The minimum atomic E-state index is -4.04. The van der Waals surface area contributed by atoms with Crippen molar-refractivity contribution >= 4 is 162 Å². The highest BCUT2D eigenvalue weighted by Gasteiger charge is 2.33. The largest absolute Gasteiger partial charge is 0.506 e. The molecule has 284 valence electrons. The Morgan fingerprint density at radius 3 is 2.19 bits per heavy atom. The van der Waals surface area contributed by atoms with Crippen LogP contribution in [0.4, 0.5) is 0 Å². The minimum absolute atomic E-state index is 0.00945. The quantitative estimate of drug-likeness (QED) is 0.0177. The van der Waals surface area contributed by atoms with Crippen molar-refractivity contribution in [1.82, 2.24) is 0 Å². The molecule has 10 nitrogen and oxygen atoms in total. The molecule has 19 heteroatoms. The lowest BCUT2D eigenvalue weighted by molar-refractivity contribution is 0.0498. The fourth-order valence-electron chi connectivity index (χ4n) is 5.30. The summed E-state index contributed by atoms with van der Waals surface area (Å²) in [6.45, 7) is 2.10. The van der Waals surface area contributed by atoms with Crippen LogP contribution in [0.5, 0.6) is 5.75 Å². The van der Waals surface area contributed by atoms with Crippen molar-refractivity contribution in [2.24, 2.45) is 5.73 Å². The Morgan fingerprint density at radius 2 is 1.50 bits per heavy atom. The van der Waals surface area contributed by atoms with Crippen LogP contribution < -0.4 is 11.2 Å². The third kappa shape index (κ3) is 10.7. The highest BCUT2D eigenvalue weighted by molar-refractivity contribution is 14.1. The second-order valence-electron chi connectivity index (χ2n) is 11.6. The summed E-state index contributed by atoms with van der Waals surface area (Å²) in [6, 6.07) is 3.16. The molecule has 4 rings (SSSR count). The van der Waals surface area contributed by atoms with Gasteiger partial charge in [0.15, 0.2) is 11.3 Å². The third-order valence-electron chi connectivity index (χ3n) is 7.90. The number of ether oxygens (including phenoxy) is 1. The molecule has 2 aromatic carbocycles. The van der Waals surface area contributed by atoms with Crippen LogP contribution in [0.3, 0.4) is 0 Å². The van der Waals surface area contributed by atoms with Gasteiger partial charge in [-0.25, -0.2) is 9.36 Å². The Morgan fingerprint density at radius 1 is 0.865 bits per heavy atom. The van der Waals surface area contributed by atoms with Gasteiger partial charge in [0.25, 0.3) is 0 Å². The number of phosphoric ester groups is 1. The summed E-state index contributed by atoms with van der Waals surface area (Å²) in [5.74, 6) is -0.548. The zero-order valence-corrected chi connectivity index (χ0v) is 39.9. The molecule has 2 atom stereocenters. The molecule has 0 spiro atoms. The van der Waals surface area contributed by atoms with Crippen molar-refractivity contribution in [3.05, 3.63) is 62.3 Å². The number of benzene rings is 3. The number of fused-ring (bicyclic) bond motifs is 2. The van der Waals surface area contributed by atoms with Crippen molar-refractivity contribution in [1.29, 1.82) is 0 Å². The predicted molar refractivity (Wildman–Crippen MR) is 240 cm³/mol. The van der Waals surface area contributed by atoms with Gasteiger partial charge in [-0.05, 0) is 128 Å². The lowest BCUT2D eigenvalue weighted by Crippen LogP contribution is -2.21. The van der Waals surface area contributed by atoms with Crippen LogP contribution in [0.2, 0.25) is 20.1 Å². The number of unbranched alkanes of at least 4 members (excludes halogenated alkanes) is 4. The van der Waals surface area contributed by atoms with E-state index in [0.29, 0.717) is 50.1 Å². The van der Waals surface area contributed by atoms with Crippen molar-refractivity contribution in [3.8, 4) is 28.2 Å². The molecule has 2 aliphatic rings. The molecule has 0 bridgehead atoms. The van der Waals surface area contributed by atoms with Crippen LogP contribution in [-0.4, -0.2) is 41.8 Å². The van der Waals surface area contributed by atoms with Gasteiger partial charge in [0.2, 0.25) is 5.43 Å². The van der Waals surface area contributed by atoms with Gasteiger partial charge in [-0.3, -0.25) is 13.8 Å². The lowest BCUT2D eigenvalue weighted by Gasteiger charge is -2.22. The Bertz CT molecular complexity index is 2050. The van der Waals surface area contributed by atoms with E-state index in [4.69, 9.17) is 70.3 Å². The Balaban J connectivity index is 1.52. The summed E-state index contributed by atoms with van der Waals surface area (Å²) >= 11 is 34.6. The molecule has 0 saturated heterocycles. The first-order valence-electron chi connectivity index (χ1n) is 15.9. The molecule has 1 aliphatic heterocycles. The van der Waals surface area contributed by atoms with Crippen molar-refractivity contribution in [2.45, 2.75) is 64.3 Å². The molecule has 0 radical (unpaired) electrons. The fourth-order valence-corrected chi connectivity index (χ4v) is 10.7. The molecular formula is C33H32Cl4I4NO9P. The number of esters is 1. The molecule has 52 heavy (non-hydrogen) atoms. The van der Waals surface area contributed by atoms with E-state index in [2.05, 4.69) is 0 Å². The van der Waals surface area contributed by atoms with Gasteiger partial charge in [-0.1, -0.05) is 79.0 Å². The number of hydrogen-bond donors (Lipinski definition) is 3. The molecule has 0 amide bonds. The standard InChI is InChI=1S/C33H32Cl4I4NO9P/c1-2-10-49-52(46,47)50-12-9-15(42)8-6-4-3-5-7-11-48-33(45)22-21(23(34)25(36)26(37)24(22)35)20-16-13-18(38)29(43)27(40)31(16)51-32-17(20)14-19(39)30(44)28(32)41/h13-15,43H,2-12,42H2,1H3,(H,46,47). The Labute approximate surface area is 375 Å². The molecule has 2 aromatic rings. The molecule has 4 N–H and O–H groups in total. The maximum Gasteiger partial charge on any atom is 0.472 e. The number of phosphoric acid groups is 1. The average Bonchev–Trinajstić information content (AvgIpc) is 3.10. The average molecular weight is 1270 g/mol. The van der Waals surface area contributed by atoms with Gasteiger partial charge in [0.1, 0.15) is 9.32 Å². The van der Waals surface area contributed by atoms with Gasteiger partial charge in [0, 0.05) is 28.1 Å². The number of nitrogens with two attached hydrogens (primary N) is 1. The summed E-state index contributed by atoms with van der Waals surface area (Å²) in [5, 5.41) is 10.9. The summed E-state index contributed by atoms with van der Waals surface area (Å²) in [6.07, 6.45) is 5.75. The number of carbonyl (C=O) groups excluding carboxylic acids is 1. The smallest absolute Gasteiger partial charge is 0.472 e. The molecule has 0 saturated carbocycles. The number of phenols is 1. The van der Waals surface area contributed by atoms with Gasteiger partial charge in [-0.15, -0.1) is 0 Å². The highest BCUT2D eigenvalue weighted by Crippen LogP contribution is 2.52. The number of hydrogen-bond acceptors (Lipinski definition) is 9. The molecule has 1 aliphatic carbocycles. The van der Waals surface area contributed by atoms with Crippen molar-refractivity contribution < 1.29 is 37.6 Å². The normalized spacial score (nSPS) is 13.5. The molecule has 1 heterocycles. The first-order chi connectivity index (χ1) is 24.5. The van der Waals surface area contributed by atoms with Gasteiger partial charge in [0.05, 0.1) is 56.2 Å². The second-order valence-corrected chi connectivity index (χ2v) is 19.1. The number of phenolic OH excluding ortho intramolecular Hbond substituents is 1. The third-order valence-corrected chi connectivity index (χ3v) is 14.3. The monoisotopic (exact) mass is 1260 g/mol. The van der Waals surface area contributed by atoms with E-state index in [1.165, 1.54) is 0 Å². The number of aromatic hydroxyl groups is 1. The molecule has 2 unspecified atom stereocenters. The van der Waals surface area contributed by atoms with Crippen LogP contribution in [0, 0.1) is 14.3 Å². The first kappa shape index (κ1) is 45.3. The summed E-state index contributed by atoms with van der Waals surface area (Å²) in [7, 11) is -4.04. The summed E-state index contributed by atoms with van der Waals surface area (Å²) in [5.41, 5.74) is 7.07. The van der Waals surface area contributed by atoms with E-state index in [9.17, 15) is 24.2 Å². The predicted octanol–water partition coefficient (Wildman–Crippen LogP) is 12.1. The minimum Gasteiger partial charge on any atom is -0.506 e. The molecule has 0 fully saturated rings. The maximum absolute atomic E-state index is 13.9. The van der Waals surface area contributed by atoms with E-state index in [1.54, 1.807) is 12.1 Å². The van der Waals surface area contributed by atoms with Crippen LogP contribution >= 0.6 is 145 Å². The molecule has 0 aromatic heterocycles. The summed E-state index contributed by atoms with van der Waals surface area (Å²) in [4.78, 5) is 36.5. The lowest BCUT2D eigenvalue weighted by atomic mass is 9.90. The van der Waals surface area contributed by atoms with E-state index >= 15 is 0 Å². The second kappa shape index (κ2) is 20.3. The zero-order valence-electron chi connectivity index (χ0n) is 27.3. The van der Waals surface area contributed by atoms with E-state index in [0.717, 1.165) is 32.1 Å². The summed E-state index contributed by atoms with van der Waals surface area (Å²) < 4.78 is 35.1. The van der Waals surface area contributed by atoms with Crippen molar-refractivity contribution in [2.75, 3.05) is 19.8 Å². The van der Waals surface area contributed by atoms with Gasteiger partial charge >= 0.3 is 13.8 Å². The Hall–Kier alpha value is 0.550. The van der Waals surface area contributed by atoms with E-state index in [-0.39, 0.29) is 79.6 Å². The van der Waals surface area contributed by atoms with Crippen LogP contribution in [0.1, 0.15) is 68.6 Å². The maximum atomic E-state index is 13.9. The molecular weight excluding hydrogens is 1230 g/mol. The highest BCUT2D eigenvalue weighted by atomic mass is 127. The fraction of sp³-hybridized carbons (Fsp3) is 0.394. The van der Waals surface area contributed by atoms with Crippen LogP contribution in [-0.2, 0) is 18.3 Å². The zero-order chi connectivity index (χ0) is 38.5.